The zero-order valence-electron chi connectivity index (χ0n) is 21.5. The third-order valence-corrected chi connectivity index (χ3v) is 7.54. The highest BCUT2D eigenvalue weighted by Gasteiger charge is 2.27. The molecule has 9 heteroatoms. The molecular formula is C28H33ClN2O5S. The fourth-order valence-corrected chi connectivity index (χ4v) is 5.22. The van der Waals surface area contributed by atoms with E-state index in [1.165, 1.54) is 24.3 Å². The van der Waals surface area contributed by atoms with Crippen LogP contribution in [0.4, 0.5) is 5.69 Å². The molecule has 198 valence electrons. The van der Waals surface area contributed by atoms with E-state index < -0.39 is 22.5 Å². The van der Waals surface area contributed by atoms with Crippen LogP contribution in [0.2, 0.25) is 5.02 Å². The van der Waals surface area contributed by atoms with Gasteiger partial charge in [-0.2, -0.15) is 0 Å². The Morgan fingerprint density at radius 1 is 0.946 bits per heavy atom. The molecule has 1 N–H and O–H groups in total. The van der Waals surface area contributed by atoms with Crippen molar-refractivity contribution in [2.75, 3.05) is 30.6 Å². The molecule has 0 saturated heterocycles. The molecule has 3 aromatic carbocycles. The smallest absolute Gasteiger partial charge is 0.264 e. The first-order chi connectivity index (χ1) is 17.5. The van der Waals surface area contributed by atoms with Crippen LogP contribution in [0.25, 0.3) is 0 Å². The van der Waals surface area contributed by atoms with Gasteiger partial charge in [0.2, 0.25) is 5.91 Å². The Morgan fingerprint density at radius 2 is 1.59 bits per heavy atom. The van der Waals surface area contributed by atoms with Crippen LogP contribution in [0, 0.1) is 0 Å². The summed E-state index contributed by atoms with van der Waals surface area (Å²) < 4.78 is 39.4. The van der Waals surface area contributed by atoms with E-state index in [-0.39, 0.29) is 23.5 Å². The van der Waals surface area contributed by atoms with Crippen molar-refractivity contribution in [3.05, 3.63) is 83.4 Å². The van der Waals surface area contributed by atoms with Crippen LogP contribution in [0.5, 0.6) is 11.5 Å². The number of nitrogens with one attached hydrogen (secondary N) is 1. The van der Waals surface area contributed by atoms with E-state index in [1.807, 2.05) is 31.2 Å². The van der Waals surface area contributed by atoms with Crippen LogP contribution in [-0.2, 0) is 20.2 Å². The van der Waals surface area contributed by atoms with Crippen molar-refractivity contribution < 1.29 is 22.7 Å². The van der Waals surface area contributed by atoms with E-state index in [2.05, 4.69) is 26.1 Å². The van der Waals surface area contributed by atoms with Gasteiger partial charge in [-0.15, -0.1) is 0 Å². The summed E-state index contributed by atoms with van der Waals surface area (Å²) in [6, 6.07) is 20.2. The zero-order valence-corrected chi connectivity index (χ0v) is 23.1. The second-order valence-electron chi connectivity index (χ2n) is 9.34. The average Bonchev–Trinajstić information content (AvgIpc) is 2.86. The average molecular weight is 545 g/mol. The van der Waals surface area contributed by atoms with Gasteiger partial charge >= 0.3 is 0 Å². The van der Waals surface area contributed by atoms with Gasteiger partial charge in [0.1, 0.15) is 24.7 Å². The highest BCUT2D eigenvalue weighted by Crippen LogP contribution is 2.31. The Labute approximate surface area is 224 Å². The molecule has 0 spiro atoms. The molecule has 0 saturated carbocycles. The molecule has 7 nitrogen and oxygen atoms in total. The van der Waals surface area contributed by atoms with Crippen molar-refractivity contribution in [1.29, 1.82) is 0 Å². The number of hydrogen-bond donors (Lipinski definition) is 1. The molecule has 1 amide bonds. The first-order valence-electron chi connectivity index (χ1n) is 12.0. The summed E-state index contributed by atoms with van der Waals surface area (Å²) in [5.74, 6) is 0.900. The Bertz CT molecular complexity index is 1290. The summed E-state index contributed by atoms with van der Waals surface area (Å²) in [6.45, 7) is 8.71. The number of anilines is 1. The summed E-state index contributed by atoms with van der Waals surface area (Å²) >= 11 is 5.94. The van der Waals surface area contributed by atoms with E-state index in [0.717, 1.165) is 15.6 Å². The number of sulfonamides is 1. The minimum Gasteiger partial charge on any atom is -0.494 e. The molecule has 0 aliphatic rings. The van der Waals surface area contributed by atoms with E-state index in [4.69, 9.17) is 21.1 Å². The lowest BCUT2D eigenvalue weighted by atomic mass is 9.86. The molecule has 0 aliphatic carbocycles. The van der Waals surface area contributed by atoms with Gasteiger partial charge in [-0.05, 0) is 72.5 Å². The summed E-state index contributed by atoms with van der Waals surface area (Å²) in [5.41, 5.74) is 1.31. The van der Waals surface area contributed by atoms with Crippen molar-refractivity contribution in [2.24, 2.45) is 0 Å². The number of carbonyl (C=O) groups is 1. The maximum atomic E-state index is 13.5. The second kappa shape index (κ2) is 12.3. The number of halogens is 1. The van der Waals surface area contributed by atoms with Crippen LogP contribution >= 0.6 is 11.6 Å². The minimum absolute atomic E-state index is 0.0284. The van der Waals surface area contributed by atoms with Gasteiger partial charge in [-0.1, -0.05) is 50.6 Å². The number of hydrogen-bond acceptors (Lipinski definition) is 5. The van der Waals surface area contributed by atoms with Crippen molar-refractivity contribution in [3.63, 3.8) is 0 Å². The molecule has 3 rings (SSSR count). The fraction of sp³-hybridized carbons (Fsp3) is 0.321. The SMILES string of the molecule is CCOc1ccc(N(CC(=O)NCCOc2ccccc2C(C)(C)C)S(=O)(=O)c2ccc(Cl)cc2)cc1. The first kappa shape index (κ1) is 28.3. The summed E-state index contributed by atoms with van der Waals surface area (Å²) in [5, 5.41) is 3.17. The molecule has 0 heterocycles. The van der Waals surface area contributed by atoms with Crippen LogP contribution in [0.15, 0.2) is 77.7 Å². The summed E-state index contributed by atoms with van der Waals surface area (Å²) in [7, 11) is -4.04. The Morgan fingerprint density at radius 3 is 2.22 bits per heavy atom. The zero-order chi connectivity index (χ0) is 27.1. The molecule has 37 heavy (non-hydrogen) atoms. The molecule has 0 bridgehead atoms. The predicted molar refractivity (Wildman–Crippen MR) is 147 cm³/mol. The minimum atomic E-state index is -4.04. The van der Waals surface area contributed by atoms with Crippen molar-refractivity contribution in [2.45, 2.75) is 38.0 Å². The van der Waals surface area contributed by atoms with Gasteiger partial charge in [0.05, 0.1) is 23.7 Å². The van der Waals surface area contributed by atoms with E-state index in [0.29, 0.717) is 23.1 Å². The van der Waals surface area contributed by atoms with Gasteiger partial charge in [-0.3, -0.25) is 9.10 Å². The summed E-state index contributed by atoms with van der Waals surface area (Å²) in [4.78, 5) is 12.9. The van der Waals surface area contributed by atoms with Gasteiger partial charge in [0.15, 0.2) is 0 Å². The van der Waals surface area contributed by atoms with Crippen LogP contribution < -0.4 is 19.1 Å². The van der Waals surface area contributed by atoms with Crippen molar-refractivity contribution in [3.8, 4) is 11.5 Å². The van der Waals surface area contributed by atoms with Gasteiger partial charge in [0.25, 0.3) is 10.0 Å². The number of carbonyl (C=O) groups excluding carboxylic acids is 1. The first-order valence-corrected chi connectivity index (χ1v) is 13.8. The molecule has 0 fully saturated rings. The predicted octanol–water partition coefficient (Wildman–Crippen LogP) is 5.43. The monoisotopic (exact) mass is 544 g/mol. The summed E-state index contributed by atoms with van der Waals surface area (Å²) in [6.07, 6.45) is 0. The van der Waals surface area contributed by atoms with Gasteiger partial charge < -0.3 is 14.8 Å². The Hall–Kier alpha value is -3.23. The number of amides is 1. The van der Waals surface area contributed by atoms with Gasteiger partial charge in [0, 0.05) is 5.02 Å². The number of rotatable bonds is 11. The standard InChI is InChI=1S/C28H33ClN2O5S/c1-5-35-23-14-12-22(13-15-23)31(37(33,34)24-16-10-21(29)11-17-24)20-27(32)30-18-19-36-26-9-7-6-8-25(26)28(2,3)4/h6-17H,5,18-20H2,1-4H3,(H,30,32). The van der Waals surface area contributed by atoms with E-state index in [9.17, 15) is 13.2 Å². The van der Waals surface area contributed by atoms with Crippen LogP contribution in [0.1, 0.15) is 33.3 Å². The lowest BCUT2D eigenvalue weighted by Gasteiger charge is -2.24. The lowest BCUT2D eigenvalue weighted by molar-refractivity contribution is -0.119. The van der Waals surface area contributed by atoms with Gasteiger partial charge in [-0.25, -0.2) is 8.42 Å². The quantitative estimate of drug-likeness (QED) is 0.325. The number of benzene rings is 3. The highest BCUT2D eigenvalue weighted by atomic mass is 35.5. The van der Waals surface area contributed by atoms with E-state index >= 15 is 0 Å². The van der Waals surface area contributed by atoms with Crippen LogP contribution in [-0.4, -0.2) is 40.6 Å². The number of ether oxygens (including phenoxy) is 2. The van der Waals surface area contributed by atoms with E-state index in [1.54, 1.807) is 24.3 Å². The Balaban J connectivity index is 1.72. The molecule has 0 unspecified atom stereocenters. The molecule has 0 atom stereocenters. The van der Waals surface area contributed by atoms with Crippen molar-refractivity contribution >= 4 is 33.2 Å². The fourth-order valence-electron chi connectivity index (χ4n) is 3.67. The third-order valence-electron chi connectivity index (χ3n) is 5.50. The normalized spacial score (nSPS) is 11.6. The van der Waals surface area contributed by atoms with Crippen LogP contribution in [0.3, 0.4) is 0 Å². The molecule has 0 radical (unpaired) electrons. The molecule has 3 aromatic rings. The Kier molecular flexibility index (Phi) is 9.45. The lowest BCUT2D eigenvalue weighted by Crippen LogP contribution is -2.42. The maximum Gasteiger partial charge on any atom is 0.264 e. The van der Waals surface area contributed by atoms with Crippen molar-refractivity contribution in [1.82, 2.24) is 5.32 Å². The molecular weight excluding hydrogens is 512 g/mol. The topological polar surface area (TPSA) is 84.9 Å². The highest BCUT2D eigenvalue weighted by molar-refractivity contribution is 7.92. The largest absolute Gasteiger partial charge is 0.494 e. The third kappa shape index (κ3) is 7.63. The maximum absolute atomic E-state index is 13.5. The number of nitrogens with zero attached hydrogens (tertiary/aromatic N) is 1. The molecule has 0 aromatic heterocycles. The molecule has 0 aliphatic heterocycles. The second-order valence-corrected chi connectivity index (χ2v) is 11.6. The number of para-hydroxylation sites is 1.